The van der Waals surface area contributed by atoms with Crippen molar-refractivity contribution in [3.05, 3.63) is 0 Å². The SMILES string of the molecule is FC(F)(F)CCCCN=C1NC2(CCOCC2)CS1. The first-order valence-electron chi connectivity index (χ1n) is 6.59. The van der Waals surface area contributed by atoms with Gasteiger partial charge in [-0.3, -0.25) is 4.99 Å². The van der Waals surface area contributed by atoms with Crippen molar-refractivity contribution in [2.24, 2.45) is 4.99 Å². The second kappa shape index (κ2) is 6.35. The van der Waals surface area contributed by atoms with Crippen LogP contribution in [-0.2, 0) is 4.74 Å². The number of alkyl halides is 3. The lowest BCUT2D eigenvalue weighted by Gasteiger charge is -2.32. The molecule has 0 aromatic carbocycles. The van der Waals surface area contributed by atoms with Gasteiger partial charge in [-0.15, -0.1) is 0 Å². The number of nitrogens with one attached hydrogen (secondary N) is 1. The van der Waals surface area contributed by atoms with E-state index in [0.717, 1.165) is 37.0 Å². The Hall–Kier alpha value is -0.430. The Labute approximate surface area is 115 Å². The van der Waals surface area contributed by atoms with E-state index in [1.807, 2.05) is 0 Å². The van der Waals surface area contributed by atoms with Crippen molar-refractivity contribution in [1.29, 1.82) is 0 Å². The molecule has 0 radical (unpaired) electrons. The minimum Gasteiger partial charge on any atom is -0.381 e. The quantitative estimate of drug-likeness (QED) is 0.810. The van der Waals surface area contributed by atoms with Gasteiger partial charge in [0.1, 0.15) is 0 Å². The number of unbranched alkanes of at least 4 members (excludes halogenated alkanes) is 1. The molecule has 2 aliphatic heterocycles. The minimum absolute atomic E-state index is 0.105. The Morgan fingerprint density at radius 3 is 2.68 bits per heavy atom. The van der Waals surface area contributed by atoms with Gasteiger partial charge in [0.2, 0.25) is 0 Å². The zero-order chi connectivity index (χ0) is 13.8. The molecule has 0 bridgehead atoms. The number of amidine groups is 1. The molecule has 0 aromatic heterocycles. The van der Waals surface area contributed by atoms with E-state index in [2.05, 4.69) is 10.3 Å². The number of thioether (sulfide) groups is 1. The fourth-order valence-electron chi connectivity index (χ4n) is 2.24. The van der Waals surface area contributed by atoms with Crippen LogP contribution in [0.3, 0.4) is 0 Å². The maximum absolute atomic E-state index is 12.0. The van der Waals surface area contributed by atoms with E-state index < -0.39 is 12.6 Å². The Kier molecular flexibility index (Phi) is 5.00. The largest absolute Gasteiger partial charge is 0.389 e. The third kappa shape index (κ3) is 4.87. The smallest absolute Gasteiger partial charge is 0.381 e. The number of nitrogens with zero attached hydrogens (tertiary/aromatic N) is 1. The molecule has 1 N–H and O–H groups in total. The topological polar surface area (TPSA) is 33.6 Å². The van der Waals surface area contributed by atoms with Gasteiger partial charge in [-0.1, -0.05) is 11.8 Å². The van der Waals surface area contributed by atoms with Crippen molar-refractivity contribution >= 4 is 16.9 Å². The first-order valence-corrected chi connectivity index (χ1v) is 7.58. The molecular formula is C12H19F3N2OS. The van der Waals surface area contributed by atoms with Crippen LogP contribution in [0, 0.1) is 0 Å². The van der Waals surface area contributed by atoms with E-state index >= 15 is 0 Å². The van der Waals surface area contributed by atoms with Crippen LogP contribution < -0.4 is 5.32 Å². The van der Waals surface area contributed by atoms with E-state index in [0.29, 0.717) is 13.0 Å². The summed E-state index contributed by atoms with van der Waals surface area (Å²) in [5.74, 6) is 0.984. The highest BCUT2D eigenvalue weighted by Crippen LogP contribution is 2.31. The number of ether oxygens (including phenoxy) is 1. The average molecular weight is 296 g/mol. The summed E-state index contributed by atoms with van der Waals surface area (Å²) in [6, 6.07) is 0. The summed E-state index contributed by atoms with van der Waals surface area (Å²) in [4.78, 5) is 4.35. The first kappa shape index (κ1) is 15.0. The molecule has 19 heavy (non-hydrogen) atoms. The van der Waals surface area contributed by atoms with Gasteiger partial charge in [0.05, 0.1) is 5.54 Å². The zero-order valence-electron chi connectivity index (χ0n) is 10.8. The van der Waals surface area contributed by atoms with Crippen molar-refractivity contribution in [3.8, 4) is 0 Å². The monoisotopic (exact) mass is 296 g/mol. The van der Waals surface area contributed by atoms with Crippen LogP contribution >= 0.6 is 11.8 Å². The van der Waals surface area contributed by atoms with Crippen LogP contribution in [-0.4, -0.2) is 42.4 Å². The van der Waals surface area contributed by atoms with Gasteiger partial charge in [-0.2, -0.15) is 13.2 Å². The van der Waals surface area contributed by atoms with Crippen LogP contribution in [0.4, 0.5) is 13.2 Å². The lowest BCUT2D eigenvalue weighted by atomic mass is 9.93. The minimum atomic E-state index is -4.04. The van der Waals surface area contributed by atoms with Crippen LogP contribution in [0.1, 0.15) is 32.1 Å². The molecule has 0 aliphatic carbocycles. The third-order valence-electron chi connectivity index (χ3n) is 3.43. The van der Waals surface area contributed by atoms with E-state index in [1.165, 1.54) is 0 Å². The maximum Gasteiger partial charge on any atom is 0.389 e. The Bertz CT molecular complexity index is 327. The van der Waals surface area contributed by atoms with Crippen LogP contribution in [0.2, 0.25) is 0 Å². The third-order valence-corrected chi connectivity index (χ3v) is 4.63. The van der Waals surface area contributed by atoms with E-state index in [4.69, 9.17) is 4.74 Å². The summed E-state index contributed by atoms with van der Waals surface area (Å²) < 4.78 is 41.2. The molecular weight excluding hydrogens is 277 g/mol. The van der Waals surface area contributed by atoms with E-state index in [9.17, 15) is 13.2 Å². The molecule has 0 atom stereocenters. The van der Waals surface area contributed by atoms with Crippen molar-refractivity contribution < 1.29 is 17.9 Å². The summed E-state index contributed by atoms with van der Waals surface area (Å²) in [6.07, 6.45) is -2.15. The van der Waals surface area contributed by atoms with Gasteiger partial charge in [0.25, 0.3) is 0 Å². The summed E-state index contributed by atoms with van der Waals surface area (Å²) in [7, 11) is 0. The fraction of sp³-hybridized carbons (Fsp3) is 0.917. The molecule has 1 spiro atoms. The standard InChI is InChI=1S/C12H19F3N2OS/c13-12(14,15)3-1-2-6-16-10-17-11(9-19-10)4-7-18-8-5-11/h1-9H2,(H,16,17). The van der Waals surface area contributed by atoms with Gasteiger partial charge in [0.15, 0.2) is 5.17 Å². The second-order valence-electron chi connectivity index (χ2n) is 5.07. The van der Waals surface area contributed by atoms with Gasteiger partial charge < -0.3 is 10.1 Å². The van der Waals surface area contributed by atoms with E-state index in [-0.39, 0.29) is 12.0 Å². The number of aliphatic imine (C=N–C) groups is 1. The Morgan fingerprint density at radius 1 is 1.26 bits per heavy atom. The van der Waals surface area contributed by atoms with Crippen molar-refractivity contribution in [1.82, 2.24) is 5.32 Å². The number of hydrogen-bond acceptors (Lipinski definition) is 3. The lowest BCUT2D eigenvalue weighted by molar-refractivity contribution is -0.135. The molecule has 3 nitrogen and oxygen atoms in total. The maximum atomic E-state index is 12.0. The number of halogens is 3. The molecule has 0 aromatic rings. The summed E-state index contributed by atoms with van der Waals surface area (Å²) in [6.45, 7) is 2.01. The molecule has 0 amide bonds. The van der Waals surface area contributed by atoms with Crippen LogP contribution in [0.5, 0.6) is 0 Å². The predicted molar refractivity (Wildman–Crippen MR) is 70.6 cm³/mol. The second-order valence-corrected chi connectivity index (χ2v) is 6.03. The van der Waals surface area contributed by atoms with Crippen molar-refractivity contribution in [2.45, 2.75) is 43.8 Å². The van der Waals surface area contributed by atoms with Crippen LogP contribution in [0.15, 0.2) is 4.99 Å². The molecule has 2 saturated heterocycles. The highest BCUT2D eigenvalue weighted by Gasteiger charge is 2.38. The Morgan fingerprint density at radius 2 is 2.00 bits per heavy atom. The van der Waals surface area contributed by atoms with Crippen molar-refractivity contribution in [2.75, 3.05) is 25.5 Å². The Balaban J connectivity index is 1.67. The molecule has 0 saturated carbocycles. The fourth-order valence-corrected chi connectivity index (χ4v) is 3.49. The zero-order valence-corrected chi connectivity index (χ0v) is 11.6. The number of rotatable bonds is 4. The molecule has 2 heterocycles. The lowest BCUT2D eigenvalue weighted by Crippen LogP contribution is -2.48. The van der Waals surface area contributed by atoms with Crippen molar-refractivity contribution in [3.63, 3.8) is 0 Å². The molecule has 2 rings (SSSR count). The van der Waals surface area contributed by atoms with E-state index in [1.54, 1.807) is 11.8 Å². The summed E-state index contributed by atoms with van der Waals surface area (Å²) in [5, 5.41) is 4.31. The van der Waals surface area contributed by atoms with Crippen LogP contribution in [0.25, 0.3) is 0 Å². The number of hydrogen-bond donors (Lipinski definition) is 1. The normalized spacial score (nSPS) is 24.9. The molecule has 0 unspecified atom stereocenters. The molecule has 2 aliphatic rings. The average Bonchev–Trinajstić information content (AvgIpc) is 2.71. The summed E-state index contributed by atoms with van der Waals surface area (Å²) >= 11 is 1.67. The van der Waals surface area contributed by atoms with Gasteiger partial charge in [-0.25, -0.2) is 0 Å². The molecule has 2 fully saturated rings. The van der Waals surface area contributed by atoms with Gasteiger partial charge in [-0.05, 0) is 25.7 Å². The van der Waals surface area contributed by atoms with Gasteiger partial charge in [0, 0.05) is 31.9 Å². The highest BCUT2D eigenvalue weighted by molar-refractivity contribution is 8.14. The highest BCUT2D eigenvalue weighted by atomic mass is 32.2. The predicted octanol–water partition coefficient (Wildman–Crippen LogP) is 2.96. The molecule has 7 heteroatoms. The summed E-state index contributed by atoms with van der Waals surface area (Å²) in [5.41, 5.74) is 0.105. The molecule has 110 valence electrons. The first-order chi connectivity index (χ1) is 8.99. The van der Waals surface area contributed by atoms with Gasteiger partial charge >= 0.3 is 6.18 Å².